The molecule has 0 bridgehead atoms. The van der Waals surface area contributed by atoms with Gasteiger partial charge in [-0.1, -0.05) is 36.5 Å². The van der Waals surface area contributed by atoms with Gasteiger partial charge in [-0.15, -0.1) is 10.2 Å². The summed E-state index contributed by atoms with van der Waals surface area (Å²) in [5, 5.41) is 12.2. The molecular weight excluding hydrogens is 374 g/mol. The number of aryl methyl sites for hydroxylation is 2. The first-order valence-electron chi connectivity index (χ1n) is 8.93. The van der Waals surface area contributed by atoms with Crippen molar-refractivity contribution >= 4 is 28.0 Å². The number of hydrogen-bond acceptors (Lipinski definition) is 6. The van der Waals surface area contributed by atoms with Crippen LogP contribution in [0.2, 0.25) is 0 Å². The number of nitrogens with zero attached hydrogens (tertiary/aromatic N) is 4. The number of carbonyl (C=O) groups is 1. The maximum absolute atomic E-state index is 12.7. The molecular formula is C20H19N5O2S. The fourth-order valence-electron chi connectivity index (χ4n) is 2.82. The molecule has 0 unspecified atom stereocenters. The third-order valence-electron chi connectivity index (χ3n) is 4.22. The molecule has 0 fully saturated rings. The fraction of sp³-hybridized carbons (Fsp3) is 0.200. The van der Waals surface area contributed by atoms with E-state index in [0.717, 1.165) is 28.3 Å². The van der Waals surface area contributed by atoms with E-state index in [9.17, 15) is 4.79 Å². The number of benzene rings is 1. The summed E-state index contributed by atoms with van der Waals surface area (Å²) >= 11 is 1.37. The highest BCUT2D eigenvalue weighted by molar-refractivity contribution is 7.15. The van der Waals surface area contributed by atoms with Crippen molar-refractivity contribution in [2.24, 2.45) is 0 Å². The summed E-state index contributed by atoms with van der Waals surface area (Å²) in [7, 11) is 0. The number of rotatable bonds is 6. The molecule has 1 amide bonds. The molecule has 3 heterocycles. The summed E-state index contributed by atoms with van der Waals surface area (Å²) in [6, 6.07) is 11.1. The molecule has 1 aromatic carbocycles. The minimum absolute atomic E-state index is 0.268. The molecule has 0 saturated heterocycles. The molecule has 0 spiro atoms. The number of ether oxygens (including phenoxy) is 1. The lowest BCUT2D eigenvalue weighted by molar-refractivity contribution is 0.102. The van der Waals surface area contributed by atoms with Crippen molar-refractivity contribution in [3.63, 3.8) is 0 Å². The second-order valence-electron chi connectivity index (χ2n) is 6.25. The summed E-state index contributed by atoms with van der Waals surface area (Å²) in [4.78, 5) is 17.3. The van der Waals surface area contributed by atoms with Gasteiger partial charge in [-0.3, -0.25) is 10.1 Å². The van der Waals surface area contributed by atoms with E-state index >= 15 is 0 Å². The van der Waals surface area contributed by atoms with Gasteiger partial charge >= 0.3 is 0 Å². The van der Waals surface area contributed by atoms with Crippen LogP contribution in [-0.2, 0) is 13.0 Å². The van der Waals surface area contributed by atoms with Gasteiger partial charge in [-0.25, -0.2) is 4.98 Å². The zero-order valence-electron chi connectivity index (χ0n) is 15.5. The van der Waals surface area contributed by atoms with Crippen molar-refractivity contribution in [2.45, 2.75) is 26.9 Å². The molecule has 3 aromatic heterocycles. The lowest BCUT2D eigenvalue weighted by Gasteiger charge is -2.09. The average Bonchev–Trinajstić information content (AvgIpc) is 3.34. The molecule has 0 radical (unpaired) electrons. The zero-order chi connectivity index (χ0) is 19.5. The normalized spacial score (nSPS) is 10.9. The Morgan fingerprint density at radius 2 is 2.07 bits per heavy atom. The van der Waals surface area contributed by atoms with Crippen molar-refractivity contribution in [3.05, 3.63) is 70.6 Å². The molecule has 28 heavy (non-hydrogen) atoms. The second kappa shape index (κ2) is 7.77. The molecule has 0 saturated carbocycles. The largest absolute Gasteiger partial charge is 0.486 e. The standard InChI is InChI=1S/C20H19N5O2S/c1-3-17-23-24-20(28-17)22-19(26)15-8-4-5-9-16(15)27-12-14-11-25-10-6-7-13(2)18(25)21-14/h4-11H,3,12H2,1-2H3,(H,22,24,26). The van der Waals surface area contributed by atoms with Gasteiger partial charge in [0.15, 0.2) is 0 Å². The van der Waals surface area contributed by atoms with E-state index in [2.05, 4.69) is 20.5 Å². The van der Waals surface area contributed by atoms with Gasteiger partial charge in [0.05, 0.1) is 11.3 Å². The molecule has 0 aliphatic rings. The van der Waals surface area contributed by atoms with Crippen molar-refractivity contribution in [2.75, 3.05) is 5.32 Å². The minimum Gasteiger partial charge on any atom is -0.486 e. The molecule has 0 aliphatic heterocycles. The molecule has 4 rings (SSSR count). The maximum Gasteiger partial charge on any atom is 0.261 e. The predicted molar refractivity (Wildman–Crippen MR) is 108 cm³/mol. The number of para-hydroxylation sites is 1. The van der Waals surface area contributed by atoms with Crippen LogP contribution in [-0.4, -0.2) is 25.5 Å². The molecule has 142 valence electrons. The Labute approximate surface area is 166 Å². The van der Waals surface area contributed by atoms with Crippen molar-refractivity contribution < 1.29 is 9.53 Å². The Morgan fingerprint density at radius 3 is 2.86 bits per heavy atom. The maximum atomic E-state index is 12.7. The number of imidazole rings is 1. The van der Waals surface area contributed by atoms with Gasteiger partial charge in [-0.2, -0.15) is 0 Å². The predicted octanol–water partition coefficient (Wildman–Crippen LogP) is 3.89. The van der Waals surface area contributed by atoms with Crippen LogP contribution in [0.4, 0.5) is 5.13 Å². The number of amides is 1. The number of fused-ring (bicyclic) bond motifs is 1. The van der Waals surface area contributed by atoms with E-state index in [4.69, 9.17) is 4.74 Å². The van der Waals surface area contributed by atoms with Gasteiger partial charge in [0, 0.05) is 12.4 Å². The Morgan fingerprint density at radius 1 is 1.21 bits per heavy atom. The topological polar surface area (TPSA) is 81.4 Å². The molecule has 8 heteroatoms. The highest BCUT2D eigenvalue weighted by Crippen LogP contribution is 2.22. The molecule has 0 aliphatic carbocycles. The van der Waals surface area contributed by atoms with Crippen LogP contribution in [0.3, 0.4) is 0 Å². The Hall–Kier alpha value is -3.26. The average molecular weight is 393 g/mol. The van der Waals surface area contributed by atoms with Crippen LogP contribution < -0.4 is 10.1 Å². The number of anilines is 1. The smallest absolute Gasteiger partial charge is 0.261 e. The number of pyridine rings is 1. The van der Waals surface area contributed by atoms with E-state index in [1.165, 1.54) is 11.3 Å². The van der Waals surface area contributed by atoms with Gasteiger partial charge in [-0.05, 0) is 37.1 Å². The van der Waals surface area contributed by atoms with Crippen LogP contribution in [0.15, 0.2) is 48.8 Å². The van der Waals surface area contributed by atoms with Gasteiger partial charge in [0.25, 0.3) is 5.91 Å². The van der Waals surface area contributed by atoms with E-state index in [1.54, 1.807) is 18.2 Å². The summed E-state index contributed by atoms with van der Waals surface area (Å²) in [6.45, 7) is 4.28. The number of carbonyl (C=O) groups excluding carboxylic acids is 1. The van der Waals surface area contributed by atoms with E-state index < -0.39 is 0 Å². The van der Waals surface area contributed by atoms with E-state index in [-0.39, 0.29) is 12.5 Å². The van der Waals surface area contributed by atoms with Crippen LogP contribution >= 0.6 is 11.3 Å². The van der Waals surface area contributed by atoms with Gasteiger partial charge in [0.2, 0.25) is 5.13 Å². The third kappa shape index (κ3) is 3.72. The monoisotopic (exact) mass is 393 g/mol. The summed E-state index contributed by atoms with van der Waals surface area (Å²) < 4.78 is 7.87. The van der Waals surface area contributed by atoms with Gasteiger partial charge in [0.1, 0.15) is 23.0 Å². The van der Waals surface area contributed by atoms with Crippen LogP contribution in [0.25, 0.3) is 5.65 Å². The Kier molecular flexibility index (Phi) is 5.03. The number of aromatic nitrogens is 4. The lowest BCUT2D eigenvalue weighted by atomic mass is 10.2. The highest BCUT2D eigenvalue weighted by Gasteiger charge is 2.15. The SMILES string of the molecule is CCc1nnc(NC(=O)c2ccccc2OCc2cn3cccc(C)c3n2)s1. The van der Waals surface area contributed by atoms with Crippen LogP contribution in [0.5, 0.6) is 5.75 Å². The Balaban J connectivity index is 1.50. The first kappa shape index (κ1) is 18.1. The second-order valence-corrected chi connectivity index (χ2v) is 7.31. The van der Waals surface area contributed by atoms with Crippen molar-refractivity contribution in [3.8, 4) is 5.75 Å². The molecule has 7 nitrogen and oxygen atoms in total. The van der Waals surface area contributed by atoms with Crippen LogP contribution in [0, 0.1) is 6.92 Å². The van der Waals surface area contributed by atoms with Crippen LogP contribution in [0.1, 0.15) is 33.5 Å². The zero-order valence-corrected chi connectivity index (χ0v) is 16.4. The summed E-state index contributed by atoms with van der Waals surface area (Å²) in [6.07, 6.45) is 4.66. The van der Waals surface area contributed by atoms with Gasteiger partial charge < -0.3 is 9.14 Å². The quantitative estimate of drug-likeness (QED) is 0.537. The first-order chi connectivity index (χ1) is 13.6. The highest BCUT2D eigenvalue weighted by atomic mass is 32.1. The molecule has 4 aromatic rings. The third-order valence-corrected chi connectivity index (χ3v) is 5.21. The van der Waals surface area contributed by atoms with Crippen molar-refractivity contribution in [1.82, 2.24) is 19.6 Å². The van der Waals surface area contributed by atoms with E-state index in [1.807, 2.05) is 48.8 Å². The number of hydrogen-bond donors (Lipinski definition) is 1. The Bertz CT molecular complexity index is 1130. The van der Waals surface area contributed by atoms with Crippen molar-refractivity contribution in [1.29, 1.82) is 0 Å². The number of nitrogens with one attached hydrogen (secondary N) is 1. The summed E-state index contributed by atoms with van der Waals surface area (Å²) in [5.74, 6) is 0.217. The summed E-state index contributed by atoms with van der Waals surface area (Å²) in [5.41, 5.74) is 3.23. The molecule has 0 atom stereocenters. The fourth-order valence-corrected chi connectivity index (χ4v) is 3.49. The van der Waals surface area contributed by atoms with E-state index in [0.29, 0.717) is 16.4 Å². The molecule has 1 N–H and O–H groups in total. The lowest BCUT2D eigenvalue weighted by Crippen LogP contribution is -2.13. The minimum atomic E-state index is -0.278. The first-order valence-corrected chi connectivity index (χ1v) is 9.74.